The molecular weight excluding hydrogens is 312 g/mol. The molecule has 0 spiro atoms. The van der Waals surface area contributed by atoms with E-state index in [4.69, 9.17) is 4.74 Å². The lowest BCUT2D eigenvalue weighted by molar-refractivity contribution is 0.478. The Bertz CT molecular complexity index is 546. The van der Waals surface area contributed by atoms with E-state index < -0.39 is 0 Å². The normalized spacial score (nSPS) is 10.6. The van der Waals surface area contributed by atoms with Gasteiger partial charge in [0, 0.05) is 10.9 Å². The Morgan fingerprint density at radius 1 is 1.05 bits per heavy atom. The van der Waals surface area contributed by atoms with Gasteiger partial charge in [0.1, 0.15) is 11.5 Å². The van der Waals surface area contributed by atoms with Gasteiger partial charge in [0.25, 0.3) is 0 Å². The van der Waals surface area contributed by atoms with Gasteiger partial charge in [0.2, 0.25) is 0 Å². The molecule has 0 aliphatic carbocycles. The fraction of sp³-hybridized carbons (Fsp3) is 0.333. The zero-order valence-corrected chi connectivity index (χ0v) is 13.7. The molecule has 0 aromatic heterocycles. The third kappa shape index (κ3) is 4.11. The lowest BCUT2D eigenvalue weighted by atomic mass is 10.1. The number of halogens is 1. The lowest BCUT2D eigenvalue weighted by Crippen LogP contribution is -1.91. The van der Waals surface area contributed by atoms with Crippen LogP contribution in [0.2, 0.25) is 0 Å². The summed E-state index contributed by atoms with van der Waals surface area (Å²) in [4.78, 5) is 0. The minimum Gasteiger partial charge on any atom is -0.457 e. The molecule has 106 valence electrons. The first kappa shape index (κ1) is 15.1. The Morgan fingerprint density at radius 3 is 2.45 bits per heavy atom. The summed E-state index contributed by atoms with van der Waals surface area (Å²) in [6.45, 7) is 4.31. The number of alkyl halides is 1. The van der Waals surface area contributed by atoms with Crippen LogP contribution in [0.15, 0.2) is 42.5 Å². The van der Waals surface area contributed by atoms with Gasteiger partial charge < -0.3 is 4.74 Å². The van der Waals surface area contributed by atoms with Gasteiger partial charge in [0.05, 0.1) is 0 Å². The highest BCUT2D eigenvalue weighted by Gasteiger charge is 2.04. The average Bonchev–Trinajstić information content (AvgIpc) is 2.48. The van der Waals surface area contributed by atoms with E-state index in [-0.39, 0.29) is 0 Å². The van der Waals surface area contributed by atoms with E-state index in [1.165, 1.54) is 29.5 Å². The van der Waals surface area contributed by atoms with E-state index in [1.54, 1.807) is 0 Å². The van der Waals surface area contributed by atoms with Gasteiger partial charge in [0.15, 0.2) is 0 Å². The molecule has 0 fully saturated rings. The summed E-state index contributed by atoms with van der Waals surface area (Å²) in [5.74, 6) is 1.82. The second-order valence-corrected chi connectivity index (χ2v) is 5.66. The van der Waals surface area contributed by atoms with E-state index in [2.05, 4.69) is 66.2 Å². The SMILES string of the molecule is CCCCc1ccc(Oc2ccc(C)cc2CBr)cc1. The van der Waals surface area contributed by atoms with Crippen LogP contribution >= 0.6 is 15.9 Å². The molecule has 0 saturated carbocycles. The largest absolute Gasteiger partial charge is 0.457 e. The van der Waals surface area contributed by atoms with Crippen LogP contribution in [0, 0.1) is 6.92 Å². The number of hydrogen-bond donors (Lipinski definition) is 0. The molecule has 0 bridgehead atoms. The van der Waals surface area contributed by atoms with Crippen LogP contribution in [0.5, 0.6) is 11.5 Å². The van der Waals surface area contributed by atoms with Crippen LogP contribution in [-0.4, -0.2) is 0 Å². The highest BCUT2D eigenvalue weighted by Crippen LogP contribution is 2.28. The first-order valence-corrected chi connectivity index (χ1v) is 8.27. The van der Waals surface area contributed by atoms with Crippen LogP contribution in [0.1, 0.15) is 36.5 Å². The molecule has 0 N–H and O–H groups in total. The highest BCUT2D eigenvalue weighted by atomic mass is 79.9. The number of ether oxygens (including phenoxy) is 1. The van der Waals surface area contributed by atoms with Crippen LogP contribution in [-0.2, 0) is 11.8 Å². The zero-order chi connectivity index (χ0) is 14.4. The van der Waals surface area contributed by atoms with Crippen molar-refractivity contribution in [1.82, 2.24) is 0 Å². The summed E-state index contributed by atoms with van der Waals surface area (Å²) in [5.41, 5.74) is 3.81. The maximum atomic E-state index is 5.98. The third-order valence-corrected chi connectivity index (χ3v) is 3.93. The molecular formula is C18H21BrO. The van der Waals surface area contributed by atoms with Crippen LogP contribution in [0.3, 0.4) is 0 Å². The second kappa shape index (κ2) is 7.49. The van der Waals surface area contributed by atoms with Crippen molar-refractivity contribution in [3.8, 4) is 11.5 Å². The van der Waals surface area contributed by atoms with Crippen molar-refractivity contribution in [1.29, 1.82) is 0 Å². The van der Waals surface area contributed by atoms with E-state index in [0.29, 0.717) is 0 Å². The topological polar surface area (TPSA) is 9.23 Å². The minimum atomic E-state index is 0.804. The van der Waals surface area contributed by atoms with E-state index in [0.717, 1.165) is 23.2 Å². The van der Waals surface area contributed by atoms with Gasteiger partial charge in [-0.2, -0.15) is 0 Å². The average molecular weight is 333 g/mol. The van der Waals surface area contributed by atoms with Crippen molar-refractivity contribution in [3.63, 3.8) is 0 Å². The van der Waals surface area contributed by atoms with Crippen LogP contribution < -0.4 is 4.74 Å². The minimum absolute atomic E-state index is 0.804. The number of unbranched alkanes of at least 4 members (excludes halogenated alkanes) is 1. The summed E-state index contributed by atoms with van der Waals surface area (Å²) < 4.78 is 5.98. The van der Waals surface area contributed by atoms with Gasteiger partial charge in [-0.1, -0.05) is 59.1 Å². The molecule has 2 heteroatoms. The third-order valence-electron chi connectivity index (χ3n) is 3.33. The molecule has 20 heavy (non-hydrogen) atoms. The van der Waals surface area contributed by atoms with E-state index in [1.807, 2.05) is 6.07 Å². The van der Waals surface area contributed by atoms with Crippen molar-refractivity contribution in [2.75, 3.05) is 0 Å². The van der Waals surface area contributed by atoms with Gasteiger partial charge >= 0.3 is 0 Å². The molecule has 0 aliphatic rings. The van der Waals surface area contributed by atoms with Crippen molar-refractivity contribution >= 4 is 15.9 Å². The summed E-state index contributed by atoms with van der Waals surface area (Å²) in [6.07, 6.45) is 3.62. The van der Waals surface area contributed by atoms with Gasteiger partial charge in [-0.25, -0.2) is 0 Å². The monoisotopic (exact) mass is 332 g/mol. The molecule has 0 aliphatic heterocycles. The molecule has 0 radical (unpaired) electrons. The highest BCUT2D eigenvalue weighted by molar-refractivity contribution is 9.08. The van der Waals surface area contributed by atoms with E-state index >= 15 is 0 Å². The first-order chi connectivity index (χ1) is 9.72. The predicted molar refractivity (Wildman–Crippen MR) is 88.9 cm³/mol. The first-order valence-electron chi connectivity index (χ1n) is 7.15. The van der Waals surface area contributed by atoms with Crippen molar-refractivity contribution in [3.05, 3.63) is 59.2 Å². The second-order valence-electron chi connectivity index (χ2n) is 5.09. The van der Waals surface area contributed by atoms with E-state index in [9.17, 15) is 0 Å². The number of hydrogen-bond acceptors (Lipinski definition) is 1. The fourth-order valence-electron chi connectivity index (χ4n) is 2.14. The Hall–Kier alpha value is -1.28. The molecule has 0 unspecified atom stereocenters. The molecule has 2 aromatic rings. The molecule has 0 heterocycles. The number of aryl methyl sites for hydroxylation is 2. The molecule has 0 atom stereocenters. The Kier molecular flexibility index (Phi) is 5.66. The lowest BCUT2D eigenvalue weighted by Gasteiger charge is -2.11. The summed E-state index contributed by atoms with van der Waals surface area (Å²) in [5, 5.41) is 0.804. The molecule has 0 amide bonds. The fourth-order valence-corrected chi connectivity index (χ4v) is 2.58. The van der Waals surface area contributed by atoms with Crippen molar-refractivity contribution in [2.45, 2.75) is 38.4 Å². The molecule has 1 nitrogen and oxygen atoms in total. The maximum Gasteiger partial charge on any atom is 0.131 e. The molecule has 2 aromatic carbocycles. The Morgan fingerprint density at radius 2 is 1.80 bits per heavy atom. The molecule has 0 saturated heterocycles. The zero-order valence-electron chi connectivity index (χ0n) is 12.2. The van der Waals surface area contributed by atoms with Gasteiger partial charge in [-0.05, 0) is 43.5 Å². The summed E-state index contributed by atoms with van der Waals surface area (Å²) in [7, 11) is 0. The predicted octanol–water partition coefficient (Wildman–Crippen LogP) is 6.02. The number of benzene rings is 2. The summed E-state index contributed by atoms with van der Waals surface area (Å²) in [6, 6.07) is 14.7. The van der Waals surface area contributed by atoms with Gasteiger partial charge in [-0.15, -0.1) is 0 Å². The van der Waals surface area contributed by atoms with Crippen molar-refractivity contribution < 1.29 is 4.74 Å². The maximum absolute atomic E-state index is 5.98. The smallest absolute Gasteiger partial charge is 0.131 e. The summed E-state index contributed by atoms with van der Waals surface area (Å²) >= 11 is 3.52. The van der Waals surface area contributed by atoms with Crippen LogP contribution in [0.4, 0.5) is 0 Å². The standard InChI is InChI=1S/C18H21BrO/c1-3-4-5-15-7-9-17(10-8-15)20-18-11-6-14(2)12-16(18)13-19/h6-12H,3-5,13H2,1-2H3. The van der Waals surface area contributed by atoms with Gasteiger partial charge in [-0.3, -0.25) is 0 Å². The number of rotatable bonds is 6. The molecule has 2 rings (SSSR count). The van der Waals surface area contributed by atoms with Crippen molar-refractivity contribution in [2.24, 2.45) is 0 Å². The van der Waals surface area contributed by atoms with Crippen LogP contribution in [0.25, 0.3) is 0 Å². The Labute approximate surface area is 130 Å². The Balaban J connectivity index is 2.10. The quantitative estimate of drug-likeness (QED) is 0.587.